The smallest absolute Gasteiger partial charge is 0.445 e. The predicted octanol–water partition coefficient (Wildman–Crippen LogP) is 5.31. The molecular formula is C23H20F2IN3O4. The number of aromatic nitrogens is 2. The number of halogens is 3. The summed E-state index contributed by atoms with van der Waals surface area (Å²) in [4.78, 5) is 22.5. The Balaban J connectivity index is 1.60. The monoisotopic (exact) mass is 567 g/mol. The number of ether oxygens (including phenoxy) is 3. The Morgan fingerprint density at radius 1 is 1.24 bits per heavy atom. The van der Waals surface area contributed by atoms with Crippen LogP contribution in [-0.2, 0) is 13.1 Å². The third kappa shape index (κ3) is 5.27. The van der Waals surface area contributed by atoms with Crippen molar-refractivity contribution in [3.05, 3.63) is 65.7 Å². The first-order valence-electron chi connectivity index (χ1n) is 9.81. The van der Waals surface area contributed by atoms with Crippen LogP contribution in [0.4, 0.5) is 13.6 Å². The molecule has 1 aliphatic heterocycles. The molecule has 0 spiro atoms. The molecule has 0 fully saturated rings. The molecule has 10 heteroatoms. The summed E-state index contributed by atoms with van der Waals surface area (Å²) in [5.74, 6) is 1.36. The fraction of sp³-hybridized carbons (Fsp3) is 0.217. The zero-order valence-corrected chi connectivity index (χ0v) is 20.0. The van der Waals surface area contributed by atoms with E-state index in [1.165, 1.54) is 24.1 Å². The van der Waals surface area contributed by atoms with Gasteiger partial charge in [-0.1, -0.05) is 10.6 Å². The Kier molecular flexibility index (Phi) is 6.54. The van der Waals surface area contributed by atoms with Crippen molar-refractivity contribution in [3.63, 3.8) is 0 Å². The predicted molar refractivity (Wildman–Crippen MR) is 127 cm³/mol. The molecule has 0 unspecified atom stereocenters. The van der Waals surface area contributed by atoms with E-state index in [-0.39, 0.29) is 12.3 Å². The van der Waals surface area contributed by atoms with E-state index in [1.54, 1.807) is 30.5 Å². The largest absolute Gasteiger partial charge is 0.496 e. The third-order valence-corrected chi connectivity index (χ3v) is 6.04. The Labute approximate surface area is 199 Å². The van der Waals surface area contributed by atoms with Crippen LogP contribution in [-0.4, -0.2) is 36.7 Å². The molecule has 33 heavy (non-hydrogen) atoms. The average molecular weight is 567 g/mol. The number of fused-ring (bicyclic) bond motifs is 1. The molecule has 0 saturated heterocycles. The Hall–Kier alpha value is -3.15. The number of carbonyl (C=O) groups excluding carboxylic acids is 1. The molecule has 3 aromatic rings. The summed E-state index contributed by atoms with van der Waals surface area (Å²) >= 11 is -1.67. The number of methoxy groups -OCH3 is 1. The summed E-state index contributed by atoms with van der Waals surface area (Å²) in [5, 5.41) is 0. The fourth-order valence-electron chi connectivity index (χ4n) is 3.40. The van der Waals surface area contributed by atoms with E-state index >= 15 is 0 Å². The minimum atomic E-state index is -3.26. The highest BCUT2D eigenvalue weighted by Crippen LogP contribution is 2.39. The van der Waals surface area contributed by atoms with Crippen molar-refractivity contribution in [1.29, 1.82) is 0 Å². The second-order valence-corrected chi connectivity index (χ2v) is 9.22. The highest BCUT2D eigenvalue weighted by atomic mass is 127. The Morgan fingerprint density at radius 3 is 2.79 bits per heavy atom. The van der Waals surface area contributed by atoms with Crippen LogP contribution in [0.15, 0.2) is 48.7 Å². The van der Waals surface area contributed by atoms with Gasteiger partial charge >= 0.3 is 10.2 Å². The first-order chi connectivity index (χ1) is 15.8. The highest BCUT2D eigenvalue weighted by molar-refractivity contribution is 14.2. The van der Waals surface area contributed by atoms with Gasteiger partial charge in [0.15, 0.2) is 0 Å². The first kappa shape index (κ1) is 23.0. The Morgan fingerprint density at radius 2 is 2.06 bits per heavy atom. The molecule has 0 aliphatic carbocycles. The van der Waals surface area contributed by atoms with Gasteiger partial charge in [-0.3, -0.25) is 4.90 Å². The molecule has 0 atom stereocenters. The van der Waals surface area contributed by atoms with Crippen LogP contribution in [0.25, 0.3) is 11.1 Å². The zero-order valence-electron chi connectivity index (χ0n) is 17.8. The number of benzene rings is 2. The Bertz CT molecular complexity index is 1220. The lowest BCUT2D eigenvalue weighted by atomic mass is 10.0. The fourth-order valence-corrected chi connectivity index (χ4v) is 3.81. The summed E-state index contributed by atoms with van der Waals surface area (Å²) in [5.41, 5.74) is 3.06. The van der Waals surface area contributed by atoms with Crippen LogP contribution in [0.2, 0.25) is 0 Å². The summed E-state index contributed by atoms with van der Waals surface area (Å²) in [6.07, 6.45) is 1.17. The van der Waals surface area contributed by atoms with Gasteiger partial charge in [-0.2, -0.15) is 8.78 Å². The molecular weight excluding hydrogens is 547 g/mol. The molecule has 2 aromatic carbocycles. The van der Waals surface area contributed by atoms with Crippen LogP contribution < -0.4 is 14.2 Å². The van der Waals surface area contributed by atoms with Gasteiger partial charge in [-0.25, -0.2) is 14.8 Å². The minimum absolute atomic E-state index is 0.000157. The third-order valence-electron chi connectivity index (χ3n) is 4.93. The van der Waals surface area contributed by atoms with Crippen molar-refractivity contribution in [2.24, 2.45) is 0 Å². The van der Waals surface area contributed by atoms with E-state index in [9.17, 15) is 13.6 Å². The van der Waals surface area contributed by atoms with Crippen molar-refractivity contribution in [2.45, 2.75) is 24.1 Å². The maximum Gasteiger partial charge on any atom is 0.445 e. The molecule has 0 bridgehead atoms. The van der Waals surface area contributed by atoms with Crippen molar-refractivity contribution in [1.82, 2.24) is 14.9 Å². The highest BCUT2D eigenvalue weighted by Gasteiger charge is 2.29. The second-order valence-electron chi connectivity index (χ2n) is 7.20. The number of rotatable bonds is 7. The van der Waals surface area contributed by atoms with E-state index in [0.717, 1.165) is 16.8 Å². The van der Waals surface area contributed by atoms with Gasteiger partial charge in [0.05, 0.1) is 20.2 Å². The van der Waals surface area contributed by atoms with E-state index in [2.05, 4.69) is 14.5 Å². The molecule has 0 N–H and O–H groups in total. The number of nitrogens with zero attached hydrogens (tertiary/aromatic N) is 3. The summed E-state index contributed by atoms with van der Waals surface area (Å²) in [6, 6.07) is 11.7. The maximum atomic E-state index is 13.6. The molecule has 1 aliphatic rings. The molecule has 7 nitrogen and oxygen atoms in total. The van der Waals surface area contributed by atoms with E-state index < -0.39 is 30.9 Å². The van der Waals surface area contributed by atoms with Crippen LogP contribution in [0.3, 0.4) is 0 Å². The van der Waals surface area contributed by atoms with Gasteiger partial charge < -0.3 is 14.2 Å². The van der Waals surface area contributed by atoms with Gasteiger partial charge in [0, 0.05) is 49.8 Å². The topological polar surface area (TPSA) is 73.8 Å². The van der Waals surface area contributed by atoms with Crippen LogP contribution in [0, 0.1) is 6.92 Å². The van der Waals surface area contributed by atoms with Gasteiger partial charge in [0.2, 0.25) is 0 Å². The second kappa shape index (κ2) is 9.38. The molecule has 0 radical (unpaired) electrons. The lowest BCUT2D eigenvalue weighted by Gasteiger charge is -2.28. The van der Waals surface area contributed by atoms with E-state index in [4.69, 9.17) is 14.2 Å². The maximum absolute atomic E-state index is 13.6. The number of hydrogen-bond acceptors (Lipinski definition) is 6. The molecule has 2 heterocycles. The first-order valence-corrected chi connectivity index (χ1v) is 12.4. The summed E-state index contributed by atoms with van der Waals surface area (Å²) in [6.45, 7) is 2.37. The summed E-state index contributed by atoms with van der Waals surface area (Å²) in [7, 11) is 1.46. The summed E-state index contributed by atoms with van der Waals surface area (Å²) < 4.78 is 42.9. The average Bonchev–Trinajstić information content (AvgIpc) is 2.79. The normalized spacial score (nSPS) is 13.3. The van der Waals surface area contributed by atoms with Crippen LogP contribution >= 0.6 is 20.7 Å². The molecule has 0 saturated carbocycles. The van der Waals surface area contributed by atoms with Gasteiger partial charge in [0.1, 0.15) is 23.1 Å². The van der Waals surface area contributed by atoms with Gasteiger partial charge in [-0.05, 0) is 42.8 Å². The van der Waals surface area contributed by atoms with Gasteiger partial charge in [-0.15, -0.1) is 0 Å². The van der Waals surface area contributed by atoms with Crippen molar-refractivity contribution >= 4 is 31.3 Å². The molecule has 172 valence electrons. The molecule has 1 aromatic heterocycles. The minimum Gasteiger partial charge on any atom is -0.496 e. The van der Waals surface area contributed by atoms with Crippen molar-refractivity contribution in [3.8, 4) is 28.4 Å². The number of aryl methyl sites for hydroxylation is 1. The number of alkyl halides is 3. The van der Waals surface area contributed by atoms with Crippen molar-refractivity contribution < 1.29 is 27.8 Å². The van der Waals surface area contributed by atoms with E-state index in [1.807, 2.05) is 13.0 Å². The standard InChI is InChI=1S/C23H20F2IN3O4/c1-14-8-9-27-21(28-14)13-29-12-16-10-15(4-7-19(16)32-22(29)30)18-6-5-17(11-20(18)31-3)33-23(24,25)26-2/h4-11H,2,12-13H2,1,3H3. The number of carbonyl (C=O) groups is 1. The van der Waals surface area contributed by atoms with Gasteiger partial charge in [0.25, 0.3) is 0 Å². The molecule has 4 rings (SSSR count). The van der Waals surface area contributed by atoms with Crippen molar-refractivity contribution in [2.75, 3.05) is 7.11 Å². The lowest BCUT2D eigenvalue weighted by Crippen LogP contribution is -2.37. The lowest BCUT2D eigenvalue weighted by molar-refractivity contribution is -0.0693. The van der Waals surface area contributed by atoms with Crippen LogP contribution in [0.1, 0.15) is 17.1 Å². The quantitative estimate of drug-likeness (QED) is 0.285. The SMILES string of the molecule is C=IC(F)(F)Oc1ccc(-c2ccc3c(c2)CN(Cc2nccc(C)n2)C(=O)O3)c(OC)c1. The molecule has 1 amide bonds. The zero-order chi connectivity index (χ0) is 23.6. The van der Waals surface area contributed by atoms with E-state index in [0.29, 0.717) is 29.4 Å². The number of amides is 1. The van der Waals surface area contributed by atoms with Crippen LogP contribution in [0.5, 0.6) is 17.2 Å². The number of hydrogen-bond donors (Lipinski definition) is 0.